The Labute approximate surface area is 120 Å². The van der Waals surface area contributed by atoms with Gasteiger partial charge in [-0.3, -0.25) is 4.79 Å². The minimum atomic E-state index is -0.0933. The summed E-state index contributed by atoms with van der Waals surface area (Å²) in [4.78, 5) is 12.4. The molecule has 4 heteroatoms. The molecule has 0 aliphatic rings. The van der Waals surface area contributed by atoms with Crippen LogP contribution in [0.25, 0.3) is 0 Å². The van der Waals surface area contributed by atoms with Crippen LogP contribution in [-0.4, -0.2) is 16.9 Å². The van der Waals surface area contributed by atoms with Crippen LogP contribution in [0.5, 0.6) is 0 Å². The van der Waals surface area contributed by atoms with Crippen molar-refractivity contribution >= 4 is 23.1 Å². The molecular formula is C15H22N2OS. The third-order valence-electron chi connectivity index (χ3n) is 2.90. The number of carbonyl (C=O) groups is 1. The van der Waals surface area contributed by atoms with Crippen LogP contribution in [0.2, 0.25) is 0 Å². The highest BCUT2D eigenvalue weighted by Gasteiger charge is 2.15. The summed E-state index contributed by atoms with van der Waals surface area (Å²) in [7, 11) is 0. The van der Waals surface area contributed by atoms with Crippen LogP contribution in [0.4, 0.5) is 0 Å². The summed E-state index contributed by atoms with van der Waals surface area (Å²) in [6, 6.07) is 7.64. The number of rotatable bonds is 4. The van der Waals surface area contributed by atoms with Gasteiger partial charge in [0.1, 0.15) is 0 Å². The molecule has 0 aliphatic carbocycles. The van der Waals surface area contributed by atoms with Crippen LogP contribution in [0.15, 0.2) is 24.3 Å². The zero-order valence-electron chi connectivity index (χ0n) is 12.0. The van der Waals surface area contributed by atoms with Crippen LogP contribution in [0, 0.1) is 0 Å². The highest BCUT2D eigenvalue weighted by molar-refractivity contribution is 7.80. The van der Waals surface area contributed by atoms with Crippen LogP contribution < -0.4 is 11.1 Å². The van der Waals surface area contributed by atoms with Gasteiger partial charge in [-0.1, -0.05) is 45.1 Å². The van der Waals surface area contributed by atoms with Gasteiger partial charge in [0.15, 0.2) is 0 Å². The quantitative estimate of drug-likeness (QED) is 0.833. The molecule has 1 rings (SSSR count). The standard InChI is InChI=1S/C15H22N2OS/c1-10(9-13(16)19)17-14(18)11-5-7-12(8-6-11)15(2,3)4/h5-8,10H,9H2,1-4H3,(H2,16,19)(H,17,18). The minimum Gasteiger partial charge on any atom is -0.393 e. The van der Waals surface area contributed by atoms with Crippen LogP contribution in [-0.2, 0) is 5.41 Å². The van der Waals surface area contributed by atoms with Crippen LogP contribution >= 0.6 is 12.2 Å². The van der Waals surface area contributed by atoms with Crippen molar-refractivity contribution in [2.24, 2.45) is 5.73 Å². The molecule has 0 aliphatic heterocycles. The summed E-state index contributed by atoms with van der Waals surface area (Å²) >= 11 is 4.83. The number of nitrogens with two attached hydrogens (primary N) is 1. The first-order valence-corrected chi connectivity index (χ1v) is 6.80. The van der Waals surface area contributed by atoms with E-state index in [4.69, 9.17) is 18.0 Å². The smallest absolute Gasteiger partial charge is 0.251 e. The second-order valence-corrected chi connectivity index (χ2v) is 6.40. The van der Waals surface area contributed by atoms with Crippen molar-refractivity contribution in [3.8, 4) is 0 Å². The maximum Gasteiger partial charge on any atom is 0.251 e. The Bertz CT molecular complexity index is 460. The van der Waals surface area contributed by atoms with E-state index >= 15 is 0 Å². The number of carbonyl (C=O) groups excluding carboxylic acids is 1. The molecule has 0 fully saturated rings. The molecule has 0 spiro atoms. The lowest BCUT2D eigenvalue weighted by atomic mass is 9.86. The number of nitrogens with one attached hydrogen (secondary N) is 1. The van der Waals surface area contributed by atoms with E-state index in [-0.39, 0.29) is 17.4 Å². The molecule has 0 radical (unpaired) electrons. The molecule has 1 unspecified atom stereocenters. The van der Waals surface area contributed by atoms with E-state index in [1.54, 1.807) is 0 Å². The monoisotopic (exact) mass is 278 g/mol. The molecule has 0 saturated heterocycles. The third kappa shape index (κ3) is 4.99. The van der Waals surface area contributed by atoms with Gasteiger partial charge in [-0.05, 0) is 30.0 Å². The topological polar surface area (TPSA) is 55.1 Å². The largest absolute Gasteiger partial charge is 0.393 e. The lowest BCUT2D eigenvalue weighted by molar-refractivity contribution is 0.0941. The second kappa shape index (κ2) is 6.15. The Morgan fingerprint density at radius 3 is 2.26 bits per heavy atom. The Hall–Kier alpha value is -1.42. The van der Waals surface area contributed by atoms with Gasteiger partial charge >= 0.3 is 0 Å². The predicted molar refractivity (Wildman–Crippen MR) is 83.5 cm³/mol. The average molecular weight is 278 g/mol. The van der Waals surface area contributed by atoms with E-state index in [0.717, 1.165) is 0 Å². The zero-order chi connectivity index (χ0) is 14.6. The fraction of sp³-hybridized carbons (Fsp3) is 0.467. The van der Waals surface area contributed by atoms with Crippen molar-refractivity contribution in [3.05, 3.63) is 35.4 Å². The van der Waals surface area contributed by atoms with Crippen molar-refractivity contribution in [2.45, 2.75) is 45.6 Å². The van der Waals surface area contributed by atoms with Crippen LogP contribution in [0.1, 0.15) is 50.0 Å². The second-order valence-electron chi connectivity index (χ2n) is 5.87. The van der Waals surface area contributed by atoms with Gasteiger partial charge in [0.2, 0.25) is 0 Å². The minimum absolute atomic E-state index is 0.0488. The molecule has 0 heterocycles. The summed E-state index contributed by atoms with van der Waals surface area (Å²) in [6.45, 7) is 8.33. The number of hydrogen-bond acceptors (Lipinski definition) is 2. The van der Waals surface area contributed by atoms with Gasteiger partial charge < -0.3 is 11.1 Å². The van der Waals surface area contributed by atoms with E-state index in [1.165, 1.54) is 5.56 Å². The molecule has 1 aromatic carbocycles. The van der Waals surface area contributed by atoms with E-state index < -0.39 is 0 Å². The predicted octanol–water partition coefficient (Wildman–Crippen LogP) is 2.78. The average Bonchev–Trinajstić information content (AvgIpc) is 2.26. The van der Waals surface area contributed by atoms with E-state index in [9.17, 15) is 4.79 Å². The summed E-state index contributed by atoms with van der Waals surface area (Å²) in [5.74, 6) is -0.0933. The first-order chi connectivity index (χ1) is 8.70. The Balaban J connectivity index is 2.71. The van der Waals surface area contributed by atoms with Gasteiger partial charge in [0.05, 0.1) is 4.99 Å². The Kier molecular flexibility index (Phi) is 5.06. The Morgan fingerprint density at radius 1 is 1.32 bits per heavy atom. The molecule has 1 amide bonds. The maximum atomic E-state index is 12.0. The first-order valence-electron chi connectivity index (χ1n) is 6.40. The van der Waals surface area contributed by atoms with Gasteiger partial charge in [-0.15, -0.1) is 0 Å². The van der Waals surface area contributed by atoms with Gasteiger partial charge in [0.25, 0.3) is 5.91 Å². The molecule has 19 heavy (non-hydrogen) atoms. The normalized spacial score (nSPS) is 12.8. The summed E-state index contributed by atoms with van der Waals surface area (Å²) in [5, 5.41) is 2.88. The molecule has 0 aromatic heterocycles. The van der Waals surface area contributed by atoms with E-state index in [2.05, 4.69) is 26.1 Å². The van der Waals surface area contributed by atoms with E-state index in [0.29, 0.717) is 17.0 Å². The number of thiocarbonyl (C=S) groups is 1. The maximum absolute atomic E-state index is 12.0. The van der Waals surface area contributed by atoms with Crippen molar-refractivity contribution in [1.29, 1.82) is 0 Å². The van der Waals surface area contributed by atoms with Crippen molar-refractivity contribution < 1.29 is 4.79 Å². The van der Waals surface area contributed by atoms with Gasteiger partial charge in [-0.25, -0.2) is 0 Å². The molecule has 1 aromatic rings. The lowest BCUT2D eigenvalue weighted by Gasteiger charge is -2.19. The lowest BCUT2D eigenvalue weighted by Crippen LogP contribution is -2.35. The number of hydrogen-bond donors (Lipinski definition) is 2. The van der Waals surface area contributed by atoms with Gasteiger partial charge in [-0.2, -0.15) is 0 Å². The SMILES string of the molecule is CC(CC(N)=S)NC(=O)c1ccc(C(C)(C)C)cc1. The highest BCUT2D eigenvalue weighted by Crippen LogP contribution is 2.22. The number of amides is 1. The first kappa shape index (κ1) is 15.6. The molecule has 104 valence electrons. The molecule has 0 saturated carbocycles. The Morgan fingerprint density at radius 2 is 1.84 bits per heavy atom. The summed E-state index contributed by atoms with van der Waals surface area (Å²) in [6.07, 6.45) is 0.515. The van der Waals surface area contributed by atoms with Gasteiger partial charge in [0, 0.05) is 18.0 Å². The molecule has 3 nitrogen and oxygen atoms in total. The zero-order valence-corrected chi connectivity index (χ0v) is 12.8. The van der Waals surface area contributed by atoms with Crippen molar-refractivity contribution in [3.63, 3.8) is 0 Å². The molecule has 1 atom stereocenters. The fourth-order valence-electron chi connectivity index (χ4n) is 1.78. The molecular weight excluding hydrogens is 256 g/mol. The fourth-order valence-corrected chi connectivity index (χ4v) is 2.03. The summed E-state index contributed by atoms with van der Waals surface area (Å²) in [5.41, 5.74) is 7.41. The van der Waals surface area contributed by atoms with E-state index in [1.807, 2.05) is 31.2 Å². The molecule has 0 bridgehead atoms. The summed E-state index contributed by atoms with van der Waals surface area (Å²) < 4.78 is 0. The van der Waals surface area contributed by atoms with Crippen molar-refractivity contribution in [1.82, 2.24) is 5.32 Å². The number of benzene rings is 1. The third-order valence-corrected chi connectivity index (χ3v) is 3.06. The highest BCUT2D eigenvalue weighted by atomic mass is 32.1. The van der Waals surface area contributed by atoms with Crippen LogP contribution in [0.3, 0.4) is 0 Å². The van der Waals surface area contributed by atoms with Crippen molar-refractivity contribution in [2.75, 3.05) is 0 Å². The molecule has 3 N–H and O–H groups in total.